The first kappa shape index (κ1) is 28.5. The fourth-order valence-corrected chi connectivity index (χ4v) is 3.38. The lowest BCUT2D eigenvalue weighted by Gasteiger charge is -2.08. The van der Waals surface area contributed by atoms with Crippen molar-refractivity contribution in [3.8, 4) is 29.1 Å². The quantitative estimate of drug-likeness (QED) is 0.106. The first-order valence-electron chi connectivity index (χ1n) is 12.3. The predicted molar refractivity (Wildman–Crippen MR) is 144 cm³/mol. The predicted octanol–water partition coefficient (Wildman–Crippen LogP) is 5.38. The zero-order valence-corrected chi connectivity index (χ0v) is 21.2. The van der Waals surface area contributed by atoms with E-state index in [2.05, 4.69) is 18.4 Å². The van der Waals surface area contributed by atoms with Gasteiger partial charge in [-0.3, -0.25) is 0 Å². The van der Waals surface area contributed by atoms with E-state index in [4.69, 9.17) is 14.2 Å². The number of rotatable bonds is 12. The standard InChI is InChI=1S/C31H28O8/c1-2-29(33)38-20-6-4-3-5-19-37-26-16-11-23(12-17-26)8-7-22-9-13-24(14-10-22)31(36)39-28-18-15-25(32)21-27(28)30(34)35/h2,9-18,21,32H,1,3-6,19-20H2,(H,34,35). The highest BCUT2D eigenvalue weighted by molar-refractivity contribution is 5.95. The second-order valence-corrected chi connectivity index (χ2v) is 8.36. The Morgan fingerprint density at radius 3 is 2.05 bits per heavy atom. The number of ether oxygens (including phenoxy) is 3. The number of esters is 2. The van der Waals surface area contributed by atoms with Crippen LogP contribution in [0.1, 0.15) is 57.5 Å². The molecule has 0 aliphatic heterocycles. The van der Waals surface area contributed by atoms with Crippen molar-refractivity contribution < 1.29 is 38.8 Å². The zero-order valence-electron chi connectivity index (χ0n) is 21.2. The number of phenols is 1. The fourth-order valence-electron chi connectivity index (χ4n) is 3.38. The third-order valence-corrected chi connectivity index (χ3v) is 5.44. The number of unbranched alkanes of at least 4 members (excludes halogenated alkanes) is 3. The molecule has 39 heavy (non-hydrogen) atoms. The van der Waals surface area contributed by atoms with Crippen LogP contribution in [-0.2, 0) is 9.53 Å². The number of carboxylic acid groups (broad SMARTS) is 1. The van der Waals surface area contributed by atoms with Crippen molar-refractivity contribution >= 4 is 17.9 Å². The first-order chi connectivity index (χ1) is 18.9. The Kier molecular flexibility index (Phi) is 10.7. The van der Waals surface area contributed by atoms with Crippen molar-refractivity contribution in [1.82, 2.24) is 0 Å². The number of aromatic hydroxyl groups is 1. The summed E-state index contributed by atoms with van der Waals surface area (Å²) in [6.45, 7) is 4.35. The van der Waals surface area contributed by atoms with Gasteiger partial charge in [0.2, 0.25) is 0 Å². The maximum atomic E-state index is 12.4. The smallest absolute Gasteiger partial charge is 0.343 e. The molecule has 0 atom stereocenters. The molecule has 0 radical (unpaired) electrons. The molecule has 0 bridgehead atoms. The fraction of sp³-hybridized carbons (Fsp3) is 0.194. The van der Waals surface area contributed by atoms with Gasteiger partial charge in [0.25, 0.3) is 0 Å². The molecule has 0 saturated carbocycles. The lowest BCUT2D eigenvalue weighted by atomic mass is 10.1. The molecule has 0 fully saturated rings. The molecule has 200 valence electrons. The van der Waals surface area contributed by atoms with Crippen LogP contribution >= 0.6 is 0 Å². The highest BCUT2D eigenvalue weighted by Gasteiger charge is 2.16. The van der Waals surface area contributed by atoms with Crippen LogP contribution in [0.2, 0.25) is 0 Å². The summed E-state index contributed by atoms with van der Waals surface area (Å²) in [5.74, 6) is 3.99. The Morgan fingerprint density at radius 2 is 1.44 bits per heavy atom. The van der Waals surface area contributed by atoms with Gasteiger partial charge in [0.15, 0.2) is 0 Å². The minimum atomic E-state index is -1.32. The average Bonchev–Trinajstić information content (AvgIpc) is 2.94. The number of hydrogen-bond donors (Lipinski definition) is 2. The molecule has 3 rings (SSSR count). The lowest BCUT2D eigenvalue weighted by molar-refractivity contribution is -0.137. The molecule has 0 aromatic heterocycles. The van der Waals surface area contributed by atoms with E-state index in [1.165, 1.54) is 24.3 Å². The Hall–Kier alpha value is -5.03. The van der Waals surface area contributed by atoms with Crippen LogP contribution in [0, 0.1) is 11.8 Å². The van der Waals surface area contributed by atoms with Gasteiger partial charge in [-0.15, -0.1) is 0 Å². The molecule has 0 aliphatic rings. The van der Waals surface area contributed by atoms with Crippen LogP contribution < -0.4 is 9.47 Å². The van der Waals surface area contributed by atoms with E-state index in [0.717, 1.165) is 49.1 Å². The minimum Gasteiger partial charge on any atom is -0.508 e. The number of carbonyl (C=O) groups is 3. The van der Waals surface area contributed by atoms with Gasteiger partial charge in [-0.2, -0.15) is 0 Å². The van der Waals surface area contributed by atoms with Crippen molar-refractivity contribution in [3.05, 3.63) is 102 Å². The first-order valence-corrected chi connectivity index (χ1v) is 12.3. The Morgan fingerprint density at radius 1 is 0.821 bits per heavy atom. The third-order valence-electron chi connectivity index (χ3n) is 5.44. The highest BCUT2D eigenvalue weighted by atomic mass is 16.5. The summed E-state index contributed by atoms with van der Waals surface area (Å²) in [7, 11) is 0. The minimum absolute atomic E-state index is 0.162. The summed E-state index contributed by atoms with van der Waals surface area (Å²) >= 11 is 0. The van der Waals surface area contributed by atoms with Crippen LogP contribution in [0.15, 0.2) is 79.4 Å². The number of phenolic OH excluding ortho intramolecular Hbond substituents is 1. The second-order valence-electron chi connectivity index (χ2n) is 8.36. The molecule has 0 saturated heterocycles. The molecule has 0 aliphatic carbocycles. The van der Waals surface area contributed by atoms with Crippen LogP contribution in [0.5, 0.6) is 17.2 Å². The Balaban J connectivity index is 1.45. The van der Waals surface area contributed by atoms with Crippen LogP contribution in [0.25, 0.3) is 0 Å². The zero-order chi connectivity index (χ0) is 28.0. The van der Waals surface area contributed by atoms with E-state index < -0.39 is 17.9 Å². The van der Waals surface area contributed by atoms with E-state index in [1.54, 1.807) is 12.1 Å². The highest BCUT2D eigenvalue weighted by Crippen LogP contribution is 2.24. The van der Waals surface area contributed by atoms with Gasteiger partial charge < -0.3 is 24.4 Å². The van der Waals surface area contributed by atoms with Gasteiger partial charge in [0.05, 0.1) is 18.8 Å². The summed E-state index contributed by atoms with van der Waals surface area (Å²) in [5.41, 5.74) is 1.39. The SMILES string of the molecule is C=CC(=O)OCCCCCCOc1ccc(C#Cc2ccc(C(=O)Oc3ccc(O)cc3C(=O)O)cc2)cc1. The van der Waals surface area contributed by atoms with Crippen LogP contribution in [0.4, 0.5) is 0 Å². The molecular formula is C31H28O8. The Labute approximate surface area is 226 Å². The van der Waals surface area contributed by atoms with Crippen LogP contribution in [-0.4, -0.2) is 41.3 Å². The maximum Gasteiger partial charge on any atom is 0.343 e. The molecule has 0 unspecified atom stereocenters. The molecule has 2 N–H and O–H groups in total. The van der Waals surface area contributed by atoms with Crippen LogP contribution in [0.3, 0.4) is 0 Å². The number of benzene rings is 3. The topological polar surface area (TPSA) is 119 Å². The van der Waals surface area contributed by atoms with E-state index in [1.807, 2.05) is 24.3 Å². The van der Waals surface area contributed by atoms with Gasteiger partial charge in [-0.1, -0.05) is 18.4 Å². The molecule has 0 amide bonds. The van der Waals surface area contributed by atoms with Crippen molar-refractivity contribution in [3.63, 3.8) is 0 Å². The number of carboxylic acids is 1. The second kappa shape index (κ2) is 14.6. The third kappa shape index (κ3) is 9.41. The average molecular weight is 529 g/mol. The van der Waals surface area contributed by atoms with Crippen molar-refractivity contribution in [2.24, 2.45) is 0 Å². The number of carbonyl (C=O) groups excluding carboxylic acids is 2. The summed E-state index contributed by atoms with van der Waals surface area (Å²) in [5, 5.41) is 18.7. The largest absolute Gasteiger partial charge is 0.508 e. The van der Waals surface area contributed by atoms with Crippen molar-refractivity contribution in [2.45, 2.75) is 25.7 Å². The molecule has 0 spiro atoms. The van der Waals surface area contributed by atoms with Gasteiger partial charge in [-0.25, -0.2) is 14.4 Å². The van der Waals surface area contributed by atoms with Gasteiger partial charge in [0.1, 0.15) is 22.8 Å². The summed E-state index contributed by atoms with van der Waals surface area (Å²) in [6, 6.07) is 17.3. The number of aromatic carboxylic acids is 1. The van der Waals surface area contributed by atoms with Gasteiger partial charge in [-0.05, 0) is 92.4 Å². The van der Waals surface area contributed by atoms with Gasteiger partial charge >= 0.3 is 17.9 Å². The lowest BCUT2D eigenvalue weighted by Crippen LogP contribution is -2.11. The van der Waals surface area contributed by atoms with Crippen molar-refractivity contribution in [1.29, 1.82) is 0 Å². The van der Waals surface area contributed by atoms with E-state index in [9.17, 15) is 24.6 Å². The molecule has 8 nitrogen and oxygen atoms in total. The molecule has 0 heterocycles. The molecular weight excluding hydrogens is 500 g/mol. The van der Waals surface area contributed by atoms with E-state index in [-0.39, 0.29) is 22.6 Å². The molecule has 3 aromatic rings. The molecule has 3 aromatic carbocycles. The monoisotopic (exact) mass is 528 g/mol. The Bertz CT molecular complexity index is 1360. The summed E-state index contributed by atoms with van der Waals surface area (Å²) < 4.78 is 15.9. The van der Waals surface area contributed by atoms with Crippen molar-refractivity contribution in [2.75, 3.05) is 13.2 Å². The normalized spacial score (nSPS) is 10.1. The van der Waals surface area contributed by atoms with Gasteiger partial charge in [0, 0.05) is 17.2 Å². The number of hydrogen-bond acceptors (Lipinski definition) is 7. The maximum absolute atomic E-state index is 12.4. The summed E-state index contributed by atoms with van der Waals surface area (Å²) in [4.78, 5) is 34.7. The van der Waals surface area contributed by atoms with E-state index in [0.29, 0.717) is 18.8 Å². The molecule has 8 heteroatoms. The summed E-state index contributed by atoms with van der Waals surface area (Å²) in [6.07, 6.45) is 4.80. The van der Waals surface area contributed by atoms with E-state index >= 15 is 0 Å².